The second-order valence-electron chi connectivity index (χ2n) is 6.57. The van der Waals surface area contributed by atoms with E-state index in [0.717, 1.165) is 24.0 Å². The van der Waals surface area contributed by atoms with Gasteiger partial charge in [-0.1, -0.05) is 18.2 Å². The summed E-state index contributed by atoms with van der Waals surface area (Å²) in [5.74, 6) is -0.412. The van der Waals surface area contributed by atoms with Crippen LogP contribution in [-0.2, 0) is 14.3 Å². The van der Waals surface area contributed by atoms with Crippen LogP contribution < -0.4 is 16.0 Å². The van der Waals surface area contributed by atoms with Gasteiger partial charge in [0, 0.05) is 18.7 Å². The molecule has 0 aliphatic carbocycles. The summed E-state index contributed by atoms with van der Waals surface area (Å²) in [4.78, 5) is 29.3. The SMILES string of the molecule is COCC1(C(=O)NCC(=O)Nc2cccc3cccnc23)CCNCC1. The molecule has 138 valence electrons. The zero-order chi connectivity index (χ0) is 18.4. The normalized spacial score (nSPS) is 16.2. The number of ether oxygens (including phenoxy) is 1. The molecule has 0 bridgehead atoms. The Kier molecular flexibility index (Phi) is 5.80. The molecule has 0 saturated carbocycles. The minimum atomic E-state index is -0.568. The molecule has 7 nitrogen and oxygen atoms in total. The van der Waals surface area contributed by atoms with Crippen molar-refractivity contribution in [2.75, 3.05) is 38.7 Å². The molecule has 2 amide bonds. The fraction of sp³-hybridized carbons (Fsp3) is 0.421. The van der Waals surface area contributed by atoms with Crippen molar-refractivity contribution in [2.24, 2.45) is 5.41 Å². The first-order chi connectivity index (χ1) is 12.6. The van der Waals surface area contributed by atoms with Crippen LogP contribution in [0, 0.1) is 5.41 Å². The number of amides is 2. The maximum Gasteiger partial charge on any atom is 0.243 e. The Morgan fingerprint density at radius 1 is 1.23 bits per heavy atom. The number of benzene rings is 1. The van der Waals surface area contributed by atoms with E-state index in [9.17, 15) is 9.59 Å². The van der Waals surface area contributed by atoms with Gasteiger partial charge in [0.2, 0.25) is 11.8 Å². The number of pyridine rings is 1. The van der Waals surface area contributed by atoms with Crippen LogP contribution in [0.3, 0.4) is 0 Å². The molecule has 2 heterocycles. The van der Waals surface area contributed by atoms with Crippen molar-refractivity contribution in [1.82, 2.24) is 15.6 Å². The number of rotatable bonds is 6. The molecule has 3 rings (SSSR count). The Hall–Kier alpha value is -2.51. The van der Waals surface area contributed by atoms with Gasteiger partial charge in [0.1, 0.15) is 0 Å². The molecule has 1 aromatic carbocycles. The van der Waals surface area contributed by atoms with Gasteiger partial charge in [0.25, 0.3) is 0 Å². The van der Waals surface area contributed by atoms with Crippen molar-refractivity contribution in [2.45, 2.75) is 12.8 Å². The lowest BCUT2D eigenvalue weighted by atomic mass is 9.78. The lowest BCUT2D eigenvalue weighted by molar-refractivity contribution is -0.137. The number of hydrogen-bond acceptors (Lipinski definition) is 5. The van der Waals surface area contributed by atoms with Crippen LogP contribution in [0.1, 0.15) is 12.8 Å². The average molecular weight is 356 g/mol. The molecule has 0 spiro atoms. The van der Waals surface area contributed by atoms with Gasteiger partial charge in [0.15, 0.2) is 0 Å². The Morgan fingerprint density at radius 2 is 2.00 bits per heavy atom. The van der Waals surface area contributed by atoms with Gasteiger partial charge in [-0.15, -0.1) is 0 Å². The Bertz CT molecular complexity index is 776. The number of nitrogens with zero attached hydrogens (tertiary/aromatic N) is 1. The van der Waals surface area contributed by atoms with E-state index < -0.39 is 5.41 Å². The Labute approximate surface area is 152 Å². The fourth-order valence-corrected chi connectivity index (χ4v) is 3.37. The molecule has 1 aromatic heterocycles. The smallest absolute Gasteiger partial charge is 0.243 e. The van der Waals surface area contributed by atoms with Gasteiger partial charge in [-0.2, -0.15) is 0 Å². The highest BCUT2D eigenvalue weighted by Crippen LogP contribution is 2.29. The summed E-state index contributed by atoms with van der Waals surface area (Å²) in [7, 11) is 1.59. The number of carbonyl (C=O) groups excluding carboxylic acids is 2. The molecular formula is C19H24N4O3. The van der Waals surface area contributed by atoms with Gasteiger partial charge in [-0.05, 0) is 38.1 Å². The molecule has 1 aliphatic heterocycles. The molecule has 0 unspecified atom stereocenters. The third kappa shape index (κ3) is 4.00. The summed E-state index contributed by atoms with van der Waals surface area (Å²) in [6.45, 7) is 1.81. The number of fused-ring (bicyclic) bond motifs is 1. The topological polar surface area (TPSA) is 92.3 Å². The van der Waals surface area contributed by atoms with Crippen molar-refractivity contribution < 1.29 is 14.3 Å². The number of anilines is 1. The van der Waals surface area contributed by atoms with E-state index in [1.54, 1.807) is 19.4 Å². The quantitative estimate of drug-likeness (QED) is 0.726. The van der Waals surface area contributed by atoms with Crippen molar-refractivity contribution in [3.63, 3.8) is 0 Å². The molecule has 0 radical (unpaired) electrons. The first-order valence-corrected chi connectivity index (χ1v) is 8.76. The van der Waals surface area contributed by atoms with E-state index in [4.69, 9.17) is 4.74 Å². The minimum Gasteiger partial charge on any atom is -0.384 e. The van der Waals surface area contributed by atoms with Gasteiger partial charge in [-0.3, -0.25) is 14.6 Å². The number of carbonyl (C=O) groups is 2. The number of hydrogen-bond donors (Lipinski definition) is 3. The van der Waals surface area contributed by atoms with Crippen molar-refractivity contribution >= 4 is 28.4 Å². The summed E-state index contributed by atoms with van der Waals surface area (Å²) in [6, 6.07) is 9.38. The van der Waals surface area contributed by atoms with E-state index in [-0.39, 0.29) is 18.4 Å². The molecule has 3 N–H and O–H groups in total. The lowest BCUT2D eigenvalue weighted by Gasteiger charge is -2.35. The van der Waals surface area contributed by atoms with Gasteiger partial charge >= 0.3 is 0 Å². The number of piperidine rings is 1. The maximum atomic E-state index is 12.7. The van der Waals surface area contributed by atoms with E-state index in [0.29, 0.717) is 25.1 Å². The first-order valence-electron chi connectivity index (χ1n) is 8.76. The van der Waals surface area contributed by atoms with Gasteiger partial charge < -0.3 is 20.7 Å². The predicted molar refractivity (Wildman–Crippen MR) is 99.8 cm³/mol. The fourth-order valence-electron chi connectivity index (χ4n) is 3.37. The zero-order valence-corrected chi connectivity index (χ0v) is 14.9. The molecule has 1 aliphatic rings. The van der Waals surface area contributed by atoms with Crippen LogP contribution in [-0.4, -0.2) is 50.1 Å². The third-order valence-electron chi connectivity index (χ3n) is 4.78. The van der Waals surface area contributed by atoms with E-state index in [1.165, 1.54) is 0 Å². The highest BCUT2D eigenvalue weighted by atomic mass is 16.5. The number of methoxy groups -OCH3 is 1. The van der Waals surface area contributed by atoms with Crippen molar-refractivity contribution in [1.29, 1.82) is 0 Å². The largest absolute Gasteiger partial charge is 0.384 e. The summed E-state index contributed by atoms with van der Waals surface area (Å²) in [6.07, 6.45) is 3.08. The average Bonchev–Trinajstić information content (AvgIpc) is 2.67. The van der Waals surface area contributed by atoms with Gasteiger partial charge in [-0.25, -0.2) is 0 Å². The highest BCUT2D eigenvalue weighted by molar-refractivity contribution is 6.02. The number of aromatic nitrogens is 1. The molecule has 0 atom stereocenters. The summed E-state index contributed by atoms with van der Waals surface area (Å²) < 4.78 is 5.26. The standard InChI is InChI=1S/C19H24N4O3/c1-26-13-19(7-10-20-11-8-19)18(25)22-12-16(24)23-15-6-2-4-14-5-3-9-21-17(14)15/h2-6,9,20H,7-8,10-13H2,1H3,(H,22,25)(H,23,24). The molecule has 26 heavy (non-hydrogen) atoms. The Balaban J connectivity index is 1.62. The van der Waals surface area contributed by atoms with Crippen LogP contribution in [0.2, 0.25) is 0 Å². The molecule has 1 saturated heterocycles. The monoisotopic (exact) mass is 356 g/mol. The van der Waals surface area contributed by atoms with Crippen LogP contribution in [0.4, 0.5) is 5.69 Å². The van der Waals surface area contributed by atoms with E-state index >= 15 is 0 Å². The first kappa shape index (κ1) is 18.3. The van der Waals surface area contributed by atoms with E-state index in [2.05, 4.69) is 20.9 Å². The number of para-hydroxylation sites is 1. The second-order valence-corrected chi connectivity index (χ2v) is 6.57. The van der Waals surface area contributed by atoms with Gasteiger partial charge in [0.05, 0.1) is 29.8 Å². The van der Waals surface area contributed by atoms with Crippen LogP contribution in [0.5, 0.6) is 0 Å². The van der Waals surface area contributed by atoms with Crippen molar-refractivity contribution in [3.8, 4) is 0 Å². The van der Waals surface area contributed by atoms with Crippen LogP contribution in [0.15, 0.2) is 36.5 Å². The third-order valence-corrected chi connectivity index (χ3v) is 4.78. The van der Waals surface area contributed by atoms with Crippen LogP contribution >= 0.6 is 0 Å². The summed E-state index contributed by atoms with van der Waals surface area (Å²) in [5, 5.41) is 9.79. The molecular weight excluding hydrogens is 332 g/mol. The predicted octanol–water partition coefficient (Wildman–Crippen LogP) is 1.31. The zero-order valence-electron chi connectivity index (χ0n) is 14.9. The van der Waals surface area contributed by atoms with E-state index in [1.807, 2.05) is 24.3 Å². The second kappa shape index (κ2) is 8.25. The lowest BCUT2D eigenvalue weighted by Crippen LogP contribution is -2.51. The molecule has 7 heteroatoms. The molecule has 2 aromatic rings. The molecule has 1 fully saturated rings. The summed E-state index contributed by atoms with van der Waals surface area (Å²) in [5.41, 5.74) is 0.793. The number of nitrogens with one attached hydrogen (secondary N) is 3. The highest BCUT2D eigenvalue weighted by Gasteiger charge is 2.39. The van der Waals surface area contributed by atoms with Crippen LogP contribution in [0.25, 0.3) is 10.9 Å². The Morgan fingerprint density at radius 3 is 2.77 bits per heavy atom. The minimum absolute atomic E-state index is 0.0824. The summed E-state index contributed by atoms with van der Waals surface area (Å²) >= 11 is 0. The maximum absolute atomic E-state index is 12.7. The van der Waals surface area contributed by atoms with Crippen molar-refractivity contribution in [3.05, 3.63) is 36.5 Å².